The van der Waals surface area contributed by atoms with Crippen LogP contribution in [0.15, 0.2) is 65.0 Å². The summed E-state index contributed by atoms with van der Waals surface area (Å²) in [4.78, 5) is 17.4. The number of nitrogens with zero attached hydrogens (tertiary/aromatic N) is 5. The lowest BCUT2D eigenvalue weighted by atomic mass is 10.3. The number of hydrogen-bond acceptors (Lipinski definition) is 9. The number of sulfonamides is 1. The first-order valence-electron chi connectivity index (χ1n) is 10.7. The highest BCUT2D eigenvalue weighted by Gasteiger charge is 2.19. The Bertz CT molecular complexity index is 1620. The number of benzene rings is 1. The van der Waals surface area contributed by atoms with Gasteiger partial charge in [0.15, 0.2) is 5.82 Å². The van der Waals surface area contributed by atoms with E-state index in [1.54, 1.807) is 12.1 Å². The molecule has 0 saturated heterocycles. The fraction of sp³-hybridized carbons (Fsp3) is 0.130. The van der Waals surface area contributed by atoms with Crippen LogP contribution in [0.25, 0.3) is 17.0 Å². The fourth-order valence-electron chi connectivity index (χ4n) is 3.62. The topological polar surface area (TPSA) is 137 Å². The molecule has 5 aromatic rings. The van der Waals surface area contributed by atoms with Gasteiger partial charge in [0, 0.05) is 29.8 Å². The molecule has 184 valence electrons. The van der Waals surface area contributed by atoms with Crippen LogP contribution in [-0.2, 0) is 10.0 Å². The standard InChI is InChI=1S/C23H21N7O4S2/c1-14-21(30-11-5-4-6-19(30)24-14)17-13-35-23(26-17)25-15-7-9-16(10-8-15)36(31,32)29-18-12-20(33-2)28-22(27-18)34-3/h4-13H,1-3H3,(H,25,26)(H,27,28,29)/p+1. The quantitative estimate of drug-likeness (QED) is 0.296. The maximum Gasteiger partial charge on any atom is 0.321 e. The summed E-state index contributed by atoms with van der Waals surface area (Å²) in [6, 6.07) is 13.7. The average molecular weight is 525 g/mol. The number of imidazole rings is 1. The lowest BCUT2D eigenvalue weighted by molar-refractivity contribution is -0.478. The minimum absolute atomic E-state index is 0.0149. The third-order valence-corrected chi connectivity index (χ3v) is 7.42. The molecule has 0 radical (unpaired) electrons. The molecule has 0 amide bonds. The maximum atomic E-state index is 12.9. The van der Waals surface area contributed by atoms with Crippen LogP contribution >= 0.6 is 11.3 Å². The Hall–Kier alpha value is -4.07. The molecule has 1 aromatic carbocycles. The van der Waals surface area contributed by atoms with Crippen LogP contribution in [0.3, 0.4) is 0 Å². The molecule has 11 nitrogen and oxygen atoms in total. The van der Waals surface area contributed by atoms with Crippen LogP contribution in [0.2, 0.25) is 0 Å². The third kappa shape index (κ3) is 4.71. The molecule has 5 rings (SSSR count). The molecule has 0 aliphatic rings. The molecule has 0 aliphatic carbocycles. The molecule has 4 aromatic heterocycles. The zero-order valence-corrected chi connectivity index (χ0v) is 21.2. The van der Waals surface area contributed by atoms with Gasteiger partial charge in [0.2, 0.25) is 5.88 Å². The first-order chi connectivity index (χ1) is 17.4. The van der Waals surface area contributed by atoms with Gasteiger partial charge in [-0.1, -0.05) is 17.4 Å². The summed E-state index contributed by atoms with van der Waals surface area (Å²) in [7, 11) is -1.09. The van der Waals surface area contributed by atoms with Crippen molar-refractivity contribution in [1.29, 1.82) is 0 Å². The fourth-order valence-corrected chi connectivity index (χ4v) is 5.36. The number of fused-ring (bicyclic) bond motifs is 1. The highest BCUT2D eigenvalue weighted by molar-refractivity contribution is 7.92. The minimum atomic E-state index is -3.89. The van der Waals surface area contributed by atoms with Gasteiger partial charge in [-0.05, 0) is 31.2 Å². The number of hydrogen-bond donors (Lipinski definition) is 2. The number of methoxy groups -OCH3 is 2. The molecular formula is C23H22N7O4S2+. The number of nitrogens with two attached hydrogens (primary N) is 1. The Morgan fingerprint density at radius 1 is 1.00 bits per heavy atom. The monoisotopic (exact) mass is 524 g/mol. The number of pyridine rings is 1. The van der Waals surface area contributed by atoms with Crippen molar-refractivity contribution < 1.29 is 23.2 Å². The summed E-state index contributed by atoms with van der Waals surface area (Å²) in [5, 5.41) is 4.68. The van der Waals surface area contributed by atoms with Crippen molar-refractivity contribution in [2.24, 2.45) is 0 Å². The Kier molecular flexibility index (Phi) is 6.26. The van der Waals surface area contributed by atoms with Crippen LogP contribution in [0.4, 0.5) is 16.6 Å². The second-order valence-electron chi connectivity index (χ2n) is 7.65. The van der Waals surface area contributed by atoms with Gasteiger partial charge < -0.3 is 9.47 Å². The third-order valence-electron chi connectivity index (χ3n) is 5.26. The summed E-state index contributed by atoms with van der Waals surface area (Å²) < 4.78 is 40.2. The van der Waals surface area contributed by atoms with Gasteiger partial charge in [-0.25, -0.2) is 13.4 Å². The lowest BCUT2D eigenvalue weighted by Gasteiger charge is -2.09. The Labute approximate surface area is 210 Å². The van der Waals surface area contributed by atoms with Crippen molar-refractivity contribution in [3.8, 4) is 23.3 Å². The van der Waals surface area contributed by atoms with E-state index in [-0.39, 0.29) is 22.6 Å². The summed E-state index contributed by atoms with van der Waals surface area (Å²) in [5.41, 5.74) is 4.37. The molecule has 13 heteroatoms. The van der Waals surface area contributed by atoms with Crippen molar-refractivity contribution >= 4 is 43.6 Å². The van der Waals surface area contributed by atoms with E-state index >= 15 is 0 Å². The van der Waals surface area contributed by atoms with E-state index in [9.17, 15) is 8.42 Å². The number of quaternary nitrogens is 1. The first-order valence-corrected chi connectivity index (χ1v) is 13.1. The Balaban J connectivity index is 1.33. The molecular weight excluding hydrogens is 502 g/mol. The molecule has 0 unspecified atom stereocenters. The second-order valence-corrected chi connectivity index (χ2v) is 10.2. The zero-order chi connectivity index (χ0) is 25.3. The van der Waals surface area contributed by atoms with Gasteiger partial charge in [-0.3, -0.25) is 14.4 Å². The molecule has 3 N–H and O–H groups in total. The Morgan fingerprint density at radius 3 is 2.56 bits per heavy atom. The van der Waals surface area contributed by atoms with Gasteiger partial charge in [0.25, 0.3) is 15.2 Å². The van der Waals surface area contributed by atoms with E-state index in [4.69, 9.17) is 14.5 Å². The molecule has 4 heterocycles. The van der Waals surface area contributed by atoms with Crippen molar-refractivity contribution in [2.75, 3.05) is 18.9 Å². The predicted molar refractivity (Wildman–Crippen MR) is 135 cm³/mol. The summed E-state index contributed by atoms with van der Waals surface area (Å²) in [6.07, 6.45) is 1.97. The van der Waals surface area contributed by atoms with Crippen molar-refractivity contribution in [1.82, 2.24) is 24.3 Å². The van der Waals surface area contributed by atoms with E-state index < -0.39 is 10.0 Å². The second kappa shape index (κ2) is 9.53. The minimum Gasteiger partial charge on any atom is -0.481 e. The highest BCUT2D eigenvalue weighted by atomic mass is 32.2. The SMILES string of the molecule is COc1cc(NS(=O)(=O)c2ccc([NH2+]c3nc(-c4c(C)nc5ccccn45)cs3)cc2)nc(OC)n1. The zero-order valence-electron chi connectivity index (χ0n) is 19.5. The largest absolute Gasteiger partial charge is 0.481 e. The molecule has 0 fully saturated rings. The van der Waals surface area contributed by atoms with Crippen LogP contribution in [-0.4, -0.2) is 47.0 Å². The van der Waals surface area contributed by atoms with Crippen LogP contribution in [0.5, 0.6) is 11.9 Å². The van der Waals surface area contributed by atoms with Crippen LogP contribution in [0, 0.1) is 6.92 Å². The highest BCUT2D eigenvalue weighted by Crippen LogP contribution is 2.27. The van der Waals surface area contributed by atoms with E-state index in [0.29, 0.717) is 0 Å². The summed E-state index contributed by atoms with van der Waals surface area (Å²) in [5.74, 6) is 0.207. The number of aromatic nitrogens is 5. The van der Waals surface area contributed by atoms with Gasteiger partial charge in [-0.2, -0.15) is 15.0 Å². The van der Waals surface area contributed by atoms with Crippen molar-refractivity contribution in [3.63, 3.8) is 0 Å². The van der Waals surface area contributed by atoms with Gasteiger partial charge >= 0.3 is 6.01 Å². The van der Waals surface area contributed by atoms with Gasteiger partial charge in [0.1, 0.15) is 17.0 Å². The number of thiazole rings is 1. The van der Waals surface area contributed by atoms with Crippen LogP contribution in [0.1, 0.15) is 5.69 Å². The smallest absolute Gasteiger partial charge is 0.321 e. The molecule has 0 bridgehead atoms. The molecule has 0 spiro atoms. The number of rotatable bonds is 8. The van der Waals surface area contributed by atoms with Gasteiger partial charge in [0.05, 0.1) is 30.5 Å². The molecule has 0 atom stereocenters. The maximum absolute atomic E-state index is 12.9. The molecule has 36 heavy (non-hydrogen) atoms. The van der Waals surface area contributed by atoms with E-state index in [2.05, 4.69) is 19.7 Å². The predicted octanol–water partition coefficient (Wildman–Crippen LogP) is 2.90. The average Bonchev–Trinajstić information content (AvgIpc) is 3.46. The molecule has 0 aliphatic heterocycles. The van der Waals surface area contributed by atoms with E-state index in [0.717, 1.165) is 33.5 Å². The molecule has 0 saturated carbocycles. The van der Waals surface area contributed by atoms with E-state index in [1.165, 1.54) is 43.8 Å². The van der Waals surface area contributed by atoms with E-state index in [1.807, 2.05) is 46.4 Å². The van der Waals surface area contributed by atoms with Crippen molar-refractivity contribution in [2.45, 2.75) is 11.8 Å². The summed E-state index contributed by atoms with van der Waals surface area (Å²) in [6.45, 7) is 1.96. The number of anilines is 1. The number of nitrogens with one attached hydrogen (secondary N) is 1. The lowest BCUT2D eigenvalue weighted by Crippen LogP contribution is -2.70. The van der Waals surface area contributed by atoms with Crippen molar-refractivity contribution in [3.05, 3.63) is 65.8 Å². The normalized spacial score (nSPS) is 11.5. The number of aryl methyl sites for hydroxylation is 1. The number of ether oxygens (including phenoxy) is 2. The first kappa shape index (κ1) is 23.7. The van der Waals surface area contributed by atoms with Gasteiger partial charge in [-0.15, -0.1) is 0 Å². The Morgan fingerprint density at radius 2 is 1.81 bits per heavy atom. The van der Waals surface area contributed by atoms with Crippen LogP contribution < -0.4 is 19.5 Å². The summed E-state index contributed by atoms with van der Waals surface area (Å²) >= 11 is 1.50.